The zero-order chi connectivity index (χ0) is 25.2. The van der Waals surface area contributed by atoms with Gasteiger partial charge in [0.05, 0.1) is 27.9 Å². The van der Waals surface area contributed by atoms with Crippen LogP contribution in [0.4, 0.5) is 0 Å². The van der Waals surface area contributed by atoms with Crippen LogP contribution in [0.15, 0.2) is 47.8 Å². The molecule has 0 fully saturated rings. The van der Waals surface area contributed by atoms with Gasteiger partial charge in [-0.25, -0.2) is 4.98 Å². The van der Waals surface area contributed by atoms with E-state index in [1.807, 2.05) is 43.5 Å². The molecule has 0 saturated heterocycles. The lowest BCUT2D eigenvalue weighted by molar-refractivity contribution is 0.0934. The second kappa shape index (κ2) is 13.1. The fourth-order valence-corrected chi connectivity index (χ4v) is 4.42. The molecule has 2 aromatic carbocycles. The van der Waals surface area contributed by atoms with Gasteiger partial charge >= 0.3 is 0 Å². The van der Waals surface area contributed by atoms with E-state index in [-0.39, 0.29) is 11.9 Å². The van der Waals surface area contributed by atoms with E-state index in [9.17, 15) is 4.79 Å². The summed E-state index contributed by atoms with van der Waals surface area (Å²) < 4.78 is 16.1. The third kappa shape index (κ3) is 7.70. The first-order valence-corrected chi connectivity index (χ1v) is 12.6. The number of hydrogen-bond donors (Lipinski definition) is 1. The summed E-state index contributed by atoms with van der Waals surface area (Å²) in [7, 11) is 4.95. The number of nitrogens with one attached hydrogen (secondary N) is 1. The summed E-state index contributed by atoms with van der Waals surface area (Å²) in [6, 6.07) is 14.2. The molecule has 0 saturated carbocycles. The molecule has 3 rings (SSSR count). The fourth-order valence-electron chi connectivity index (χ4n) is 3.61. The Balaban J connectivity index is 1.73. The van der Waals surface area contributed by atoms with E-state index in [2.05, 4.69) is 33.4 Å². The Hall–Kier alpha value is -3.10. The van der Waals surface area contributed by atoms with Gasteiger partial charge in [-0.05, 0) is 55.2 Å². The number of hydrogen-bond acceptors (Lipinski definition) is 7. The van der Waals surface area contributed by atoms with Gasteiger partial charge in [-0.15, -0.1) is 11.3 Å². The van der Waals surface area contributed by atoms with E-state index in [4.69, 9.17) is 14.2 Å². The monoisotopic (exact) mass is 497 g/mol. The van der Waals surface area contributed by atoms with Crippen LogP contribution in [0.2, 0.25) is 0 Å². The highest BCUT2D eigenvalue weighted by Crippen LogP contribution is 2.28. The van der Waals surface area contributed by atoms with Crippen LogP contribution in [-0.4, -0.2) is 49.7 Å². The summed E-state index contributed by atoms with van der Waals surface area (Å²) in [5.74, 6) is 2.16. The van der Waals surface area contributed by atoms with Crippen molar-refractivity contribution >= 4 is 17.2 Å². The van der Waals surface area contributed by atoms with E-state index in [0.29, 0.717) is 12.2 Å². The molecule has 1 aromatic heterocycles. The minimum absolute atomic E-state index is 0.117. The second-order valence-corrected chi connectivity index (χ2v) is 9.35. The van der Waals surface area contributed by atoms with E-state index in [1.165, 1.54) is 16.9 Å². The Morgan fingerprint density at radius 3 is 2.37 bits per heavy atom. The van der Waals surface area contributed by atoms with Crippen LogP contribution in [0, 0.1) is 0 Å². The average molecular weight is 498 g/mol. The van der Waals surface area contributed by atoms with Gasteiger partial charge in [-0.2, -0.15) is 0 Å². The Morgan fingerprint density at radius 1 is 1.00 bits per heavy atom. The van der Waals surface area contributed by atoms with Crippen molar-refractivity contribution in [3.8, 4) is 17.2 Å². The van der Waals surface area contributed by atoms with E-state index >= 15 is 0 Å². The highest BCUT2D eigenvalue weighted by atomic mass is 32.1. The van der Waals surface area contributed by atoms with Crippen LogP contribution >= 0.6 is 11.3 Å². The van der Waals surface area contributed by atoms with Crippen molar-refractivity contribution < 1.29 is 19.0 Å². The molecule has 0 aliphatic heterocycles. The molecule has 1 atom stereocenters. The molecule has 0 radical (unpaired) electrons. The lowest BCUT2D eigenvalue weighted by Crippen LogP contribution is -2.32. The molecule has 0 spiro atoms. The van der Waals surface area contributed by atoms with Crippen molar-refractivity contribution in [2.45, 2.75) is 45.8 Å². The molecular weight excluding hydrogens is 462 g/mol. The maximum Gasteiger partial charge on any atom is 0.270 e. The van der Waals surface area contributed by atoms with Crippen molar-refractivity contribution in [1.82, 2.24) is 15.2 Å². The summed E-state index contributed by atoms with van der Waals surface area (Å²) >= 11 is 1.52. The number of methoxy groups -OCH3 is 3. The quantitative estimate of drug-likeness (QED) is 0.361. The van der Waals surface area contributed by atoms with Gasteiger partial charge < -0.3 is 19.5 Å². The number of benzene rings is 2. The third-order valence-electron chi connectivity index (χ3n) is 5.86. The standard InChI is InChI=1S/C27H35N3O4S/c1-6-19(2)28-27(31)23-18-35-26(29-23)17-30(16-21-7-10-22(32-3)11-8-21)14-13-20-9-12-24(33-4)25(15-20)34-5/h7-12,15,18-19H,6,13-14,16-17H2,1-5H3,(H,28,31). The minimum Gasteiger partial charge on any atom is -0.497 e. The topological polar surface area (TPSA) is 72.9 Å². The largest absolute Gasteiger partial charge is 0.497 e. The number of carbonyl (C=O) groups is 1. The highest BCUT2D eigenvalue weighted by molar-refractivity contribution is 7.09. The molecule has 1 N–H and O–H groups in total. The van der Waals surface area contributed by atoms with Gasteiger partial charge in [-0.3, -0.25) is 9.69 Å². The zero-order valence-corrected chi connectivity index (χ0v) is 22.0. The average Bonchev–Trinajstić information content (AvgIpc) is 3.36. The molecule has 1 unspecified atom stereocenters. The van der Waals surface area contributed by atoms with Crippen molar-refractivity contribution in [2.24, 2.45) is 0 Å². The van der Waals surface area contributed by atoms with Gasteiger partial charge in [0.15, 0.2) is 11.5 Å². The number of amides is 1. The molecule has 1 heterocycles. The number of thiazole rings is 1. The molecule has 188 valence electrons. The maximum absolute atomic E-state index is 12.5. The SMILES string of the molecule is CCC(C)NC(=O)c1csc(CN(CCc2ccc(OC)c(OC)c2)Cc2ccc(OC)cc2)n1. The Morgan fingerprint density at radius 2 is 1.71 bits per heavy atom. The van der Waals surface area contributed by atoms with Crippen molar-refractivity contribution in [2.75, 3.05) is 27.9 Å². The van der Waals surface area contributed by atoms with Gasteiger partial charge in [0.1, 0.15) is 16.5 Å². The third-order valence-corrected chi connectivity index (χ3v) is 6.70. The van der Waals surface area contributed by atoms with E-state index < -0.39 is 0 Å². The summed E-state index contributed by atoms with van der Waals surface area (Å²) in [6.45, 7) is 6.27. The van der Waals surface area contributed by atoms with Crippen LogP contribution in [0.1, 0.15) is 46.9 Å². The van der Waals surface area contributed by atoms with Gasteiger partial charge in [0, 0.05) is 24.5 Å². The number of nitrogens with zero attached hydrogens (tertiary/aromatic N) is 2. The predicted molar refractivity (Wildman–Crippen MR) is 140 cm³/mol. The molecule has 7 nitrogen and oxygen atoms in total. The summed E-state index contributed by atoms with van der Waals surface area (Å²) in [5.41, 5.74) is 2.83. The summed E-state index contributed by atoms with van der Waals surface area (Å²) in [6.07, 6.45) is 1.72. The number of ether oxygens (including phenoxy) is 3. The van der Waals surface area contributed by atoms with E-state index in [1.54, 1.807) is 21.3 Å². The first-order chi connectivity index (χ1) is 16.9. The lowest BCUT2D eigenvalue weighted by Gasteiger charge is -2.22. The molecule has 3 aromatic rings. The summed E-state index contributed by atoms with van der Waals surface area (Å²) in [5, 5.41) is 5.74. The molecule has 1 amide bonds. The summed E-state index contributed by atoms with van der Waals surface area (Å²) in [4.78, 5) is 19.4. The highest BCUT2D eigenvalue weighted by Gasteiger charge is 2.16. The Kier molecular flexibility index (Phi) is 9.93. The number of carbonyl (C=O) groups excluding carboxylic acids is 1. The van der Waals surface area contributed by atoms with Crippen LogP contribution in [0.5, 0.6) is 17.2 Å². The molecule has 0 bridgehead atoms. The van der Waals surface area contributed by atoms with Crippen molar-refractivity contribution in [1.29, 1.82) is 0 Å². The minimum atomic E-state index is -0.117. The van der Waals surface area contributed by atoms with Crippen LogP contribution < -0.4 is 19.5 Å². The van der Waals surface area contributed by atoms with Crippen molar-refractivity contribution in [3.63, 3.8) is 0 Å². The van der Waals surface area contributed by atoms with Crippen molar-refractivity contribution in [3.05, 3.63) is 69.7 Å². The first-order valence-electron chi connectivity index (χ1n) is 11.8. The van der Waals surface area contributed by atoms with Gasteiger partial charge in [-0.1, -0.05) is 25.1 Å². The van der Waals surface area contributed by atoms with Crippen LogP contribution in [-0.2, 0) is 19.5 Å². The number of aromatic nitrogens is 1. The van der Waals surface area contributed by atoms with E-state index in [0.717, 1.165) is 53.8 Å². The van der Waals surface area contributed by atoms with Gasteiger partial charge in [0.2, 0.25) is 0 Å². The molecular formula is C27H35N3O4S. The number of rotatable bonds is 13. The van der Waals surface area contributed by atoms with Crippen LogP contribution in [0.3, 0.4) is 0 Å². The molecule has 35 heavy (non-hydrogen) atoms. The lowest BCUT2D eigenvalue weighted by atomic mass is 10.1. The van der Waals surface area contributed by atoms with Crippen LogP contribution in [0.25, 0.3) is 0 Å². The predicted octanol–water partition coefficient (Wildman–Crippen LogP) is 4.94. The maximum atomic E-state index is 12.5. The fraction of sp³-hybridized carbons (Fsp3) is 0.407. The smallest absolute Gasteiger partial charge is 0.270 e. The first kappa shape index (κ1) is 26.5. The normalized spacial score (nSPS) is 11.8. The Labute approximate surface area is 212 Å². The molecule has 0 aliphatic rings. The van der Waals surface area contributed by atoms with Gasteiger partial charge in [0.25, 0.3) is 5.91 Å². The Bertz CT molecular complexity index is 1080. The molecule has 8 heteroatoms. The zero-order valence-electron chi connectivity index (χ0n) is 21.2. The molecule has 0 aliphatic carbocycles. The second-order valence-electron chi connectivity index (χ2n) is 8.41.